The van der Waals surface area contributed by atoms with Gasteiger partial charge in [-0.2, -0.15) is 0 Å². The molecule has 0 aliphatic carbocycles. The van der Waals surface area contributed by atoms with Gasteiger partial charge >= 0.3 is 0 Å². The predicted octanol–water partition coefficient (Wildman–Crippen LogP) is 11.0. The van der Waals surface area contributed by atoms with E-state index in [0.717, 1.165) is 85.0 Å². The SMILES string of the molecule is CC(C)CCc1cc(C=Nc2ccccc2N=Cc2cc(CCC(C)C)cc(CCC(C)C)c2O)c(O)c(CCC(C)C)c1. The lowest BCUT2D eigenvalue weighted by Gasteiger charge is -2.13. The van der Waals surface area contributed by atoms with E-state index in [1.54, 1.807) is 12.4 Å². The van der Waals surface area contributed by atoms with Crippen LogP contribution in [-0.2, 0) is 25.7 Å². The molecule has 4 nitrogen and oxygen atoms in total. The molecule has 4 heteroatoms. The van der Waals surface area contributed by atoms with Crippen molar-refractivity contribution in [2.24, 2.45) is 33.7 Å². The van der Waals surface area contributed by atoms with Crippen LogP contribution in [-0.4, -0.2) is 22.6 Å². The van der Waals surface area contributed by atoms with Crippen molar-refractivity contribution in [1.29, 1.82) is 0 Å². The van der Waals surface area contributed by atoms with Crippen LogP contribution < -0.4 is 0 Å². The second-order valence-electron chi connectivity index (χ2n) is 14.1. The minimum atomic E-state index is 0.320. The Morgan fingerprint density at radius 3 is 1.20 bits per heavy atom. The molecule has 3 aromatic rings. The predicted molar refractivity (Wildman–Crippen MR) is 190 cm³/mol. The lowest BCUT2D eigenvalue weighted by molar-refractivity contribution is 0.461. The molecule has 3 rings (SSSR count). The molecule has 0 fully saturated rings. The molecule has 0 heterocycles. The lowest BCUT2D eigenvalue weighted by atomic mass is 9.94. The highest BCUT2D eigenvalue weighted by Crippen LogP contribution is 2.32. The van der Waals surface area contributed by atoms with Crippen molar-refractivity contribution in [3.8, 4) is 11.5 Å². The average Bonchev–Trinajstić information content (AvgIpc) is 2.97. The summed E-state index contributed by atoms with van der Waals surface area (Å²) in [6.07, 6.45) is 11.5. The Bertz CT molecular complexity index is 1290. The second-order valence-corrected chi connectivity index (χ2v) is 14.1. The number of para-hydroxylation sites is 2. The number of aromatic hydroxyl groups is 2. The zero-order chi connectivity index (χ0) is 32.2. The van der Waals surface area contributed by atoms with Gasteiger partial charge in [-0.05, 0) is 122 Å². The summed E-state index contributed by atoms with van der Waals surface area (Å²) in [6, 6.07) is 16.3. The van der Waals surface area contributed by atoms with Gasteiger partial charge < -0.3 is 10.2 Å². The Labute approximate surface area is 267 Å². The molecule has 44 heavy (non-hydrogen) atoms. The summed E-state index contributed by atoms with van der Waals surface area (Å²) in [5.74, 6) is 3.01. The van der Waals surface area contributed by atoms with Crippen LogP contribution in [0.4, 0.5) is 11.4 Å². The van der Waals surface area contributed by atoms with E-state index in [4.69, 9.17) is 9.98 Å². The standard InChI is InChI=1S/C40H56N2O2/c1-27(2)13-17-31-21-33(19-15-29(5)6)39(43)35(23-31)25-41-37-11-9-10-12-38(37)42-26-36-24-32(18-14-28(3)4)22-34(40(36)44)20-16-30(7)8/h9-12,21-30,43-44H,13-20H2,1-8H3. The molecule has 0 atom stereocenters. The van der Waals surface area contributed by atoms with Gasteiger partial charge in [0.05, 0.1) is 11.4 Å². The topological polar surface area (TPSA) is 65.2 Å². The summed E-state index contributed by atoms with van der Waals surface area (Å²) in [6.45, 7) is 17.8. The van der Waals surface area contributed by atoms with Gasteiger partial charge in [-0.1, -0.05) is 79.7 Å². The molecule has 0 spiro atoms. The second kappa shape index (κ2) is 17.2. The number of phenols is 2. The van der Waals surface area contributed by atoms with Gasteiger partial charge in [0, 0.05) is 23.6 Å². The molecular formula is C40H56N2O2. The van der Waals surface area contributed by atoms with E-state index in [9.17, 15) is 10.2 Å². The van der Waals surface area contributed by atoms with Crippen LogP contribution in [0.15, 0.2) is 58.5 Å². The van der Waals surface area contributed by atoms with Crippen molar-refractivity contribution < 1.29 is 10.2 Å². The average molecular weight is 597 g/mol. The van der Waals surface area contributed by atoms with E-state index in [1.165, 1.54) is 11.1 Å². The summed E-state index contributed by atoms with van der Waals surface area (Å²) >= 11 is 0. The molecule has 0 bridgehead atoms. The number of benzene rings is 3. The summed E-state index contributed by atoms with van der Waals surface area (Å²) < 4.78 is 0. The third kappa shape index (κ3) is 11.3. The number of rotatable bonds is 16. The highest BCUT2D eigenvalue weighted by Gasteiger charge is 2.13. The zero-order valence-corrected chi connectivity index (χ0v) is 28.5. The summed E-state index contributed by atoms with van der Waals surface area (Å²) in [7, 11) is 0. The Hall–Kier alpha value is -3.40. The van der Waals surface area contributed by atoms with E-state index >= 15 is 0 Å². The third-order valence-electron chi connectivity index (χ3n) is 8.13. The van der Waals surface area contributed by atoms with Crippen LogP contribution in [0.5, 0.6) is 11.5 Å². The van der Waals surface area contributed by atoms with Crippen molar-refractivity contribution in [3.05, 3.63) is 81.9 Å². The van der Waals surface area contributed by atoms with Gasteiger partial charge in [0.1, 0.15) is 11.5 Å². The molecule has 0 aliphatic rings. The monoisotopic (exact) mass is 596 g/mol. The number of nitrogens with zero attached hydrogens (tertiary/aromatic N) is 2. The molecule has 3 aromatic carbocycles. The van der Waals surface area contributed by atoms with E-state index in [-0.39, 0.29) is 0 Å². The molecule has 0 radical (unpaired) electrons. The molecule has 0 unspecified atom stereocenters. The molecule has 0 amide bonds. The van der Waals surface area contributed by atoms with Crippen molar-refractivity contribution in [1.82, 2.24) is 0 Å². The summed E-state index contributed by atoms with van der Waals surface area (Å²) in [5.41, 5.74) is 7.39. The molecule has 0 aliphatic heterocycles. The normalized spacial score (nSPS) is 12.3. The van der Waals surface area contributed by atoms with Crippen LogP contribution in [0.1, 0.15) is 114 Å². The lowest BCUT2D eigenvalue weighted by Crippen LogP contribution is -1.99. The Morgan fingerprint density at radius 1 is 0.523 bits per heavy atom. The minimum absolute atomic E-state index is 0.320. The van der Waals surface area contributed by atoms with Crippen molar-refractivity contribution in [2.75, 3.05) is 0 Å². The fourth-order valence-corrected chi connectivity index (χ4v) is 5.20. The minimum Gasteiger partial charge on any atom is -0.507 e. The quantitative estimate of drug-likeness (QED) is 0.162. The Kier molecular flexibility index (Phi) is 13.7. The van der Waals surface area contributed by atoms with Crippen LogP contribution in [0.2, 0.25) is 0 Å². The van der Waals surface area contributed by atoms with Crippen LogP contribution in [0.3, 0.4) is 0 Å². The first kappa shape index (κ1) is 35.1. The molecular weight excluding hydrogens is 540 g/mol. The van der Waals surface area contributed by atoms with E-state index in [1.807, 2.05) is 24.3 Å². The van der Waals surface area contributed by atoms with E-state index < -0.39 is 0 Å². The maximum Gasteiger partial charge on any atom is 0.127 e. The van der Waals surface area contributed by atoms with Gasteiger partial charge in [-0.25, -0.2) is 0 Å². The van der Waals surface area contributed by atoms with Gasteiger partial charge in [0.2, 0.25) is 0 Å². The molecule has 0 saturated carbocycles. The van der Waals surface area contributed by atoms with Crippen molar-refractivity contribution >= 4 is 23.8 Å². The summed E-state index contributed by atoms with van der Waals surface area (Å²) in [5, 5.41) is 22.4. The molecule has 238 valence electrons. The Balaban J connectivity index is 1.95. The molecule has 0 aromatic heterocycles. The first-order valence-corrected chi connectivity index (χ1v) is 16.8. The number of aryl methyl sites for hydroxylation is 4. The fraction of sp³-hybridized carbons (Fsp3) is 0.500. The van der Waals surface area contributed by atoms with Gasteiger partial charge in [0.15, 0.2) is 0 Å². The van der Waals surface area contributed by atoms with Crippen LogP contribution in [0, 0.1) is 23.7 Å². The number of hydrogen-bond donors (Lipinski definition) is 2. The van der Waals surface area contributed by atoms with Gasteiger partial charge in [-0.3, -0.25) is 9.98 Å². The van der Waals surface area contributed by atoms with Crippen molar-refractivity contribution in [2.45, 2.75) is 107 Å². The van der Waals surface area contributed by atoms with Gasteiger partial charge in [0.25, 0.3) is 0 Å². The fourth-order valence-electron chi connectivity index (χ4n) is 5.20. The molecule has 0 saturated heterocycles. The maximum absolute atomic E-state index is 11.2. The maximum atomic E-state index is 11.2. The number of phenolic OH excluding ortho intramolecular Hbond substituents is 2. The largest absolute Gasteiger partial charge is 0.507 e. The highest BCUT2D eigenvalue weighted by atomic mass is 16.3. The molecule has 2 N–H and O–H groups in total. The summed E-state index contributed by atoms with van der Waals surface area (Å²) in [4.78, 5) is 9.63. The highest BCUT2D eigenvalue weighted by molar-refractivity contribution is 5.90. The van der Waals surface area contributed by atoms with Crippen molar-refractivity contribution in [3.63, 3.8) is 0 Å². The van der Waals surface area contributed by atoms with Crippen LogP contribution >= 0.6 is 0 Å². The van der Waals surface area contributed by atoms with Crippen LogP contribution in [0.25, 0.3) is 0 Å². The smallest absolute Gasteiger partial charge is 0.127 e. The number of hydrogen-bond acceptors (Lipinski definition) is 4. The van der Waals surface area contributed by atoms with E-state index in [2.05, 4.69) is 79.7 Å². The zero-order valence-electron chi connectivity index (χ0n) is 28.5. The first-order chi connectivity index (χ1) is 20.9. The van der Waals surface area contributed by atoms with Gasteiger partial charge in [-0.15, -0.1) is 0 Å². The third-order valence-corrected chi connectivity index (χ3v) is 8.13. The Morgan fingerprint density at radius 2 is 0.864 bits per heavy atom. The number of aliphatic imine (C=N–C) groups is 2. The first-order valence-electron chi connectivity index (χ1n) is 16.8. The van der Waals surface area contributed by atoms with E-state index in [0.29, 0.717) is 35.2 Å².